The van der Waals surface area contributed by atoms with Gasteiger partial charge in [0.15, 0.2) is 0 Å². The second-order valence-corrected chi connectivity index (χ2v) is 8.77. The van der Waals surface area contributed by atoms with Crippen LogP contribution in [0.15, 0.2) is 96.2 Å². The maximum Gasteiger partial charge on any atom is 0.319 e. The Morgan fingerprint density at radius 2 is 1.66 bits per heavy atom. The Kier molecular flexibility index (Phi) is 8.19. The molecule has 1 atom stereocenters. The van der Waals surface area contributed by atoms with Crippen molar-refractivity contribution in [2.45, 2.75) is 18.4 Å². The highest BCUT2D eigenvalue weighted by atomic mass is 35.5. The van der Waals surface area contributed by atoms with E-state index in [0.29, 0.717) is 29.3 Å². The van der Waals surface area contributed by atoms with E-state index in [1.165, 1.54) is 18.2 Å². The molecule has 0 spiro atoms. The van der Waals surface area contributed by atoms with Crippen molar-refractivity contribution in [1.29, 1.82) is 0 Å². The minimum atomic E-state index is -0.647. The molecule has 7 heteroatoms. The van der Waals surface area contributed by atoms with Gasteiger partial charge >= 0.3 is 6.03 Å². The Morgan fingerprint density at radius 3 is 2.26 bits per heavy atom. The summed E-state index contributed by atoms with van der Waals surface area (Å²) in [5.74, 6) is -0.132. The van der Waals surface area contributed by atoms with Gasteiger partial charge in [-0.1, -0.05) is 84.4 Å². The zero-order chi connectivity index (χ0) is 24.6. The smallest absolute Gasteiger partial charge is 0.319 e. The molecule has 1 aliphatic rings. The third-order valence-electron chi connectivity index (χ3n) is 5.99. The van der Waals surface area contributed by atoms with Gasteiger partial charge < -0.3 is 20.7 Å². The maximum atomic E-state index is 13.5. The summed E-state index contributed by atoms with van der Waals surface area (Å²) in [5, 5.41) is 9.16. The zero-order valence-electron chi connectivity index (χ0n) is 19.5. The van der Waals surface area contributed by atoms with E-state index in [1.54, 1.807) is 18.2 Å². The van der Waals surface area contributed by atoms with Crippen molar-refractivity contribution in [3.63, 3.8) is 0 Å². The number of rotatable bonds is 9. The molecule has 4 rings (SSSR count). The van der Waals surface area contributed by atoms with E-state index in [4.69, 9.17) is 16.3 Å². The van der Waals surface area contributed by atoms with E-state index < -0.39 is 12.1 Å². The first-order valence-corrected chi connectivity index (χ1v) is 11.9. The summed E-state index contributed by atoms with van der Waals surface area (Å²) in [6.45, 7) is 0.553. The molecule has 3 amide bonds. The van der Waals surface area contributed by atoms with Gasteiger partial charge in [-0.05, 0) is 35.2 Å². The lowest BCUT2D eigenvalue weighted by Gasteiger charge is -2.30. The Morgan fingerprint density at radius 1 is 1.00 bits per heavy atom. The predicted octanol–water partition coefficient (Wildman–Crippen LogP) is 4.93. The molecule has 0 bridgehead atoms. The molecule has 35 heavy (non-hydrogen) atoms. The Balaban J connectivity index is 1.56. The number of methoxy groups -OCH3 is 1. The number of hydrogen-bond donors (Lipinski definition) is 3. The molecular weight excluding hydrogens is 462 g/mol. The molecular formula is C28H28ClN3O3. The van der Waals surface area contributed by atoms with Crippen LogP contribution in [0.25, 0.3) is 0 Å². The number of halogens is 1. The van der Waals surface area contributed by atoms with Crippen molar-refractivity contribution in [1.82, 2.24) is 16.0 Å². The monoisotopic (exact) mass is 489 g/mol. The lowest BCUT2D eigenvalue weighted by atomic mass is 9.88. The minimum Gasteiger partial charge on any atom is -0.378 e. The van der Waals surface area contributed by atoms with Crippen LogP contribution in [-0.2, 0) is 9.53 Å². The molecule has 0 saturated carbocycles. The average molecular weight is 490 g/mol. The summed E-state index contributed by atoms with van der Waals surface area (Å²) in [6.07, 6.45) is 0.717. The van der Waals surface area contributed by atoms with Crippen molar-refractivity contribution in [2.24, 2.45) is 0 Å². The average Bonchev–Trinajstić information content (AvgIpc) is 2.87. The van der Waals surface area contributed by atoms with Crippen molar-refractivity contribution < 1.29 is 14.3 Å². The molecule has 180 valence electrons. The standard InChI is InChI=1S/C28H28ClN3O3/c1-35-18-24-25(26(32-28(34)31-24)21-13-8-14-22(29)17-21)27(33)30-16-15-23(19-9-4-2-5-10-19)20-11-6-3-7-12-20/h2-14,17,23,26H,15-16,18H2,1H3,(H,30,33)(H2,31,32,34). The third-order valence-corrected chi connectivity index (χ3v) is 6.23. The van der Waals surface area contributed by atoms with Crippen LogP contribution in [0.3, 0.4) is 0 Å². The zero-order valence-corrected chi connectivity index (χ0v) is 20.2. The van der Waals surface area contributed by atoms with Gasteiger partial charge in [-0.25, -0.2) is 4.79 Å². The molecule has 0 aromatic heterocycles. The number of ether oxygens (including phenoxy) is 1. The first-order chi connectivity index (χ1) is 17.1. The minimum absolute atomic E-state index is 0.101. The lowest BCUT2D eigenvalue weighted by Crippen LogP contribution is -2.48. The second-order valence-electron chi connectivity index (χ2n) is 8.33. The number of amides is 3. The largest absolute Gasteiger partial charge is 0.378 e. The topological polar surface area (TPSA) is 79.5 Å². The maximum absolute atomic E-state index is 13.5. The van der Waals surface area contributed by atoms with Crippen molar-refractivity contribution in [3.8, 4) is 0 Å². The van der Waals surface area contributed by atoms with Gasteiger partial charge in [-0.3, -0.25) is 4.79 Å². The molecule has 0 fully saturated rings. The highest BCUT2D eigenvalue weighted by molar-refractivity contribution is 6.30. The van der Waals surface area contributed by atoms with Crippen LogP contribution < -0.4 is 16.0 Å². The van der Waals surface area contributed by atoms with Crippen LogP contribution in [0.2, 0.25) is 5.02 Å². The molecule has 3 aromatic rings. The first-order valence-electron chi connectivity index (χ1n) is 11.5. The van der Waals surface area contributed by atoms with Crippen LogP contribution in [0.1, 0.15) is 35.1 Å². The van der Waals surface area contributed by atoms with Gasteiger partial charge in [-0.15, -0.1) is 0 Å². The Bertz CT molecular complexity index is 1160. The van der Waals surface area contributed by atoms with Gasteiger partial charge in [0.1, 0.15) is 0 Å². The van der Waals surface area contributed by atoms with E-state index >= 15 is 0 Å². The molecule has 1 unspecified atom stereocenters. The fraction of sp³-hybridized carbons (Fsp3) is 0.214. The van der Waals surface area contributed by atoms with Crippen LogP contribution >= 0.6 is 11.6 Å². The summed E-state index contributed by atoms with van der Waals surface area (Å²) in [6, 6.07) is 26.6. The summed E-state index contributed by atoms with van der Waals surface area (Å²) in [4.78, 5) is 25.8. The van der Waals surface area contributed by atoms with Gasteiger partial charge in [-0.2, -0.15) is 0 Å². The summed E-state index contributed by atoms with van der Waals surface area (Å²) < 4.78 is 5.27. The number of benzene rings is 3. The summed E-state index contributed by atoms with van der Waals surface area (Å²) >= 11 is 6.19. The van der Waals surface area contributed by atoms with Gasteiger partial charge in [0.25, 0.3) is 5.91 Å². The van der Waals surface area contributed by atoms with Gasteiger partial charge in [0.2, 0.25) is 0 Å². The molecule has 0 saturated heterocycles. The van der Waals surface area contributed by atoms with Crippen molar-refractivity contribution >= 4 is 23.5 Å². The highest BCUT2D eigenvalue weighted by Gasteiger charge is 2.32. The molecule has 3 N–H and O–H groups in total. The molecule has 3 aromatic carbocycles. The molecule has 0 aliphatic carbocycles. The molecule has 0 radical (unpaired) electrons. The number of nitrogens with one attached hydrogen (secondary N) is 3. The third kappa shape index (κ3) is 6.10. The Hall–Kier alpha value is -3.61. The van der Waals surface area contributed by atoms with Crippen LogP contribution in [0.5, 0.6) is 0 Å². The predicted molar refractivity (Wildman–Crippen MR) is 137 cm³/mol. The van der Waals surface area contributed by atoms with E-state index in [0.717, 1.165) is 5.56 Å². The van der Waals surface area contributed by atoms with Crippen LogP contribution in [0, 0.1) is 0 Å². The van der Waals surface area contributed by atoms with Crippen molar-refractivity contribution in [3.05, 3.63) is 118 Å². The normalized spacial score (nSPS) is 15.5. The van der Waals surface area contributed by atoms with Crippen LogP contribution in [-0.4, -0.2) is 32.2 Å². The molecule has 1 aliphatic heterocycles. The number of urea groups is 1. The van der Waals surface area contributed by atoms with Crippen molar-refractivity contribution in [2.75, 3.05) is 20.3 Å². The van der Waals surface area contributed by atoms with Crippen LogP contribution in [0.4, 0.5) is 4.79 Å². The van der Waals surface area contributed by atoms with E-state index in [-0.39, 0.29) is 18.4 Å². The quantitative estimate of drug-likeness (QED) is 0.398. The summed E-state index contributed by atoms with van der Waals surface area (Å²) in [5.41, 5.74) is 3.94. The highest BCUT2D eigenvalue weighted by Crippen LogP contribution is 2.30. The fourth-order valence-electron chi connectivity index (χ4n) is 4.40. The number of carbonyl (C=O) groups is 2. The number of hydrogen-bond acceptors (Lipinski definition) is 3. The lowest BCUT2D eigenvalue weighted by molar-refractivity contribution is -0.118. The molecule has 1 heterocycles. The summed E-state index contributed by atoms with van der Waals surface area (Å²) in [7, 11) is 1.52. The fourth-order valence-corrected chi connectivity index (χ4v) is 4.60. The number of carbonyl (C=O) groups excluding carboxylic acids is 2. The first kappa shape index (κ1) is 24.5. The van der Waals surface area contributed by atoms with E-state index in [2.05, 4.69) is 40.2 Å². The van der Waals surface area contributed by atoms with E-state index in [9.17, 15) is 9.59 Å². The van der Waals surface area contributed by atoms with Gasteiger partial charge in [0.05, 0.1) is 23.9 Å². The SMILES string of the molecule is COCC1=C(C(=O)NCCC(c2ccccc2)c2ccccc2)C(c2cccc(Cl)c2)NC(=O)N1. The second kappa shape index (κ2) is 11.7. The van der Waals surface area contributed by atoms with Gasteiger partial charge in [0, 0.05) is 24.6 Å². The Labute approximate surface area is 210 Å². The molecule has 6 nitrogen and oxygen atoms in total. The van der Waals surface area contributed by atoms with E-state index in [1.807, 2.05) is 42.5 Å².